The Morgan fingerprint density at radius 3 is 2.53 bits per heavy atom. The predicted octanol–water partition coefficient (Wildman–Crippen LogP) is 4.27. The van der Waals surface area contributed by atoms with E-state index in [2.05, 4.69) is 38.2 Å². The van der Waals surface area contributed by atoms with Gasteiger partial charge in [-0.05, 0) is 63.2 Å². The Hall–Kier alpha value is -0.340. The van der Waals surface area contributed by atoms with Crippen LogP contribution in [0.15, 0.2) is 12.1 Å². The van der Waals surface area contributed by atoms with Crippen molar-refractivity contribution < 1.29 is 0 Å². The molecule has 1 rings (SSSR count). The molecule has 0 aliphatic rings. The Kier molecular flexibility index (Phi) is 7.54. The second-order valence-corrected chi connectivity index (χ2v) is 6.16. The smallest absolute Gasteiger partial charge is 0.00482 e. The van der Waals surface area contributed by atoms with Crippen LogP contribution in [0.3, 0.4) is 0 Å². The van der Waals surface area contributed by atoms with Gasteiger partial charge in [-0.2, -0.15) is 0 Å². The molecule has 0 saturated carbocycles. The molecule has 0 aromatic carbocycles. The van der Waals surface area contributed by atoms with Crippen molar-refractivity contribution in [2.75, 3.05) is 13.1 Å². The van der Waals surface area contributed by atoms with Gasteiger partial charge < -0.3 is 5.32 Å². The highest BCUT2D eigenvalue weighted by Gasteiger charge is 2.04. The summed E-state index contributed by atoms with van der Waals surface area (Å²) in [4.78, 5) is 3.09. The molecule has 1 N–H and O–H groups in total. The summed E-state index contributed by atoms with van der Waals surface area (Å²) in [5.41, 5.74) is 0. The van der Waals surface area contributed by atoms with Gasteiger partial charge in [0.15, 0.2) is 0 Å². The second kappa shape index (κ2) is 8.71. The van der Waals surface area contributed by atoms with Crippen LogP contribution in [0.2, 0.25) is 0 Å². The van der Waals surface area contributed by atoms with E-state index in [0.717, 1.165) is 12.5 Å². The van der Waals surface area contributed by atoms with Gasteiger partial charge >= 0.3 is 0 Å². The summed E-state index contributed by atoms with van der Waals surface area (Å²) < 4.78 is 0. The average molecular weight is 253 g/mol. The zero-order valence-electron chi connectivity index (χ0n) is 11.6. The molecule has 0 aliphatic heterocycles. The Morgan fingerprint density at radius 1 is 1.12 bits per heavy atom. The molecule has 1 aromatic rings. The first kappa shape index (κ1) is 14.7. The Labute approximate surface area is 111 Å². The summed E-state index contributed by atoms with van der Waals surface area (Å²) in [5.74, 6) is 0.839. The van der Waals surface area contributed by atoms with Crippen LogP contribution < -0.4 is 5.32 Å². The first-order chi connectivity index (χ1) is 8.26. The minimum atomic E-state index is 0.839. The average Bonchev–Trinajstić information content (AvgIpc) is 2.80. The molecule has 0 aliphatic carbocycles. The lowest BCUT2D eigenvalue weighted by molar-refractivity contribution is 0.471. The normalized spacial score (nSPS) is 12.9. The third-order valence-corrected chi connectivity index (χ3v) is 4.48. The standard InChI is InChI=1S/C15H27NS/c1-4-11-16-12-10-13(3)6-7-15-9-8-14(5-2)17-15/h8-9,13,16H,4-7,10-12H2,1-3H3. The summed E-state index contributed by atoms with van der Waals surface area (Å²) >= 11 is 1.99. The summed E-state index contributed by atoms with van der Waals surface area (Å²) in [6.07, 6.45) is 6.33. The molecule has 0 radical (unpaired) electrons. The van der Waals surface area contributed by atoms with Crippen LogP contribution in [-0.4, -0.2) is 13.1 Å². The predicted molar refractivity (Wildman–Crippen MR) is 79.0 cm³/mol. The minimum Gasteiger partial charge on any atom is -0.317 e. The molecule has 0 saturated heterocycles. The molecule has 0 amide bonds. The van der Waals surface area contributed by atoms with Crippen LogP contribution in [0.5, 0.6) is 0 Å². The van der Waals surface area contributed by atoms with Gasteiger partial charge in [0, 0.05) is 9.75 Å². The molecule has 1 nitrogen and oxygen atoms in total. The summed E-state index contributed by atoms with van der Waals surface area (Å²) in [5, 5.41) is 3.48. The van der Waals surface area contributed by atoms with Gasteiger partial charge in [0.1, 0.15) is 0 Å². The highest BCUT2D eigenvalue weighted by molar-refractivity contribution is 7.11. The number of hydrogen-bond acceptors (Lipinski definition) is 2. The van der Waals surface area contributed by atoms with Crippen molar-refractivity contribution in [1.82, 2.24) is 5.32 Å². The minimum absolute atomic E-state index is 0.839. The maximum atomic E-state index is 3.48. The zero-order valence-corrected chi connectivity index (χ0v) is 12.4. The van der Waals surface area contributed by atoms with Gasteiger partial charge in [0.25, 0.3) is 0 Å². The molecule has 1 aromatic heterocycles. The molecule has 98 valence electrons. The third kappa shape index (κ3) is 6.23. The number of hydrogen-bond donors (Lipinski definition) is 1. The van der Waals surface area contributed by atoms with Crippen LogP contribution in [0.4, 0.5) is 0 Å². The van der Waals surface area contributed by atoms with Gasteiger partial charge in [-0.3, -0.25) is 0 Å². The molecular formula is C15H27NS. The van der Waals surface area contributed by atoms with Gasteiger partial charge in [-0.15, -0.1) is 11.3 Å². The number of thiophene rings is 1. The summed E-state index contributed by atoms with van der Waals surface area (Å²) in [6, 6.07) is 4.60. The van der Waals surface area contributed by atoms with E-state index in [1.807, 2.05) is 11.3 Å². The van der Waals surface area contributed by atoms with E-state index < -0.39 is 0 Å². The molecule has 1 atom stereocenters. The topological polar surface area (TPSA) is 12.0 Å². The van der Waals surface area contributed by atoms with Crippen molar-refractivity contribution in [3.63, 3.8) is 0 Å². The molecule has 0 spiro atoms. The van der Waals surface area contributed by atoms with Crippen LogP contribution >= 0.6 is 11.3 Å². The quantitative estimate of drug-likeness (QED) is 0.648. The van der Waals surface area contributed by atoms with Crippen LogP contribution in [-0.2, 0) is 12.8 Å². The van der Waals surface area contributed by atoms with Crippen molar-refractivity contribution in [3.8, 4) is 0 Å². The SMILES string of the molecule is CCCNCCC(C)CCc1ccc(CC)s1. The van der Waals surface area contributed by atoms with E-state index in [1.165, 1.54) is 43.5 Å². The fourth-order valence-corrected chi connectivity index (χ4v) is 2.90. The fraction of sp³-hybridized carbons (Fsp3) is 0.733. The molecule has 2 heteroatoms. The zero-order chi connectivity index (χ0) is 12.5. The van der Waals surface area contributed by atoms with Crippen molar-refractivity contribution in [1.29, 1.82) is 0 Å². The Morgan fingerprint density at radius 2 is 1.88 bits per heavy atom. The first-order valence-corrected chi connectivity index (χ1v) is 7.86. The van der Waals surface area contributed by atoms with E-state index in [9.17, 15) is 0 Å². The monoisotopic (exact) mass is 253 g/mol. The van der Waals surface area contributed by atoms with Gasteiger partial charge in [0.05, 0.1) is 0 Å². The fourth-order valence-electron chi connectivity index (χ4n) is 1.93. The summed E-state index contributed by atoms with van der Waals surface area (Å²) in [7, 11) is 0. The summed E-state index contributed by atoms with van der Waals surface area (Å²) in [6.45, 7) is 9.18. The Bertz CT molecular complexity index is 293. The van der Waals surface area contributed by atoms with E-state index in [1.54, 1.807) is 4.88 Å². The highest BCUT2D eigenvalue weighted by atomic mass is 32.1. The second-order valence-electron chi connectivity index (χ2n) is 4.90. The first-order valence-electron chi connectivity index (χ1n) is 7.04. The number of nitrogens with one attached hydrogen (secondary N) is 1. The van der Waals surface area contributed by atoms with Crippen molar-refractivity contribution in [3.05, 3.63) is 21.9 Å². The van der Waals surface area contributed by atoms with E-state index >= 15 is 0 Å². The maximum absolute atomic E-state index is 3.48. The molecule has 17 heavy (non-hydrogen) atoms. The van der Waals surface area contributed by atoms with Gasteiger partial charge in [-0.1, -0.05) is 20.8 Å². The van der Waals surface area contributed by atoms with Gasteiger partial charge in [0.2, 0.25) is 0 Å². The molecule has 1 unspecified atom stereocenters. The van der Waals surface area contributed by atoms with E-state index in [4.69, 9.17) is 0 Å². The molecular weight excluding hydrogens is 226 g/mol. The van der Waals surface area contributed by atoms with Crippen LogP contribution in [0.25, 0.3) is 0 Å². The lowest BCUT2D eigenvalue weighted by atomic mass is 10.0. The molecule has 0 bridgehead atoms. The van der Waals surface area contributed by atoms with Crippen molar-refractivity contribution in [2.24, 2.45) is 5.92 Å². The molecule has 0 fully saturated rings. The van der Waals surface area contributed by atoms with Crippen LogP contribution in [0, 0.1) is 5.92 Å². The third-order valence-electron chi connectivity index (χ3n) is 3.19. The van der Waals surface area contributed by atoms with Crippen molar-refractivity contribution >= 4 is 11.3 Å². The van der Waals surface area contributed by atoms with E-state index in [-0.39, 0.29) is 0 Å². The largest absolute Gasteiger partial charge is 0.317 e. The lowest BCUT2D eigenvalue weighted by Gasteiger charge is -2.10. The van der Waals surface area contributed by atoms with E-state index in [0.29, 0.717) is 0 Å². The molecule has 1 heterocycles. The number of rotatable bonds is 9. The Balaban J connectivity index is 2.12. The lowest BCUT2D eigenvalue weighted by Crippen LogP contribution is -2.18. The van der Waals surface area contributed by atoms with Crippen molar-refractivity contribution in [2.45, 2.75) is 52.9 Å². The maximum Gasteiger partial charge on any atom is 0.00482 e. The highest BCUT2D eigenvalue weighted by Crippen LogP contribution is 2.20. The number of aryl methyl sites for hydroxylation is 2. The van der Waals surface area contributed by atoms with Crippen LogP contribution in [0.1, 0.15) is 49.8 Å². The van der Waals surface area contributed by atoms with Gasteiger partial charge in [-0.25, -0.2) is 0 Å².